The van der Waals surface area contributed by atoms with Crippen molar-refractivity contribution in [2.24, 2.45) is 0 Å². The fraction of sp³-hybridized carbons (Fsp3) is 0.150. The normalized spacial score (nSPS) is 10.5. The number of halogens is 1. The molecule has 0 aliphatic heterocycles. The average molecular weight is 340 g/mol. The summed E-state index contributed by atoms with van der Waals surface area (Å²) in [5, 5.41) is 3.00. The summed E-state index contributed by atoms with van der Waals surface area (Å²) in [7, 11) is 0. The molecule has 4 heteroatoms. The molecule has 3 aromatic rings. The van der Waals surface area contributed by atoms with E-state index < -0.39 is 0 Å². The molecule has 0 aliphatic rings. The molecule has 0 atom stereocenters. The number of pyridine rings is 1. The fourth-order valence-corrected chi connectivity index (χ4v) is 2.56. The van der Waals surface area contributed by atoms with Crippen LogP contribution < -0.4 is 10.1 Å². The maximum absolute atomic E-state index is 5.89. The van der Waals surface area contributed by atoms with Crippen molar-refractivity contribution in [1.82, 2.24) is 4.98 Å². The monoisotopic (exact) mass is 339 g/mol. The highest BCUT2D eigenvalue weighted by Gasteiger charge is 2.01. The van der Waals surface area contributed by atoms with E-state index in [2.05, 4.69) is 28.5 Å². The van der Waals surface area contributed by atoms with Gasteiger partial charge in [-0.05, 0) is 35.9 Å². The second-order valence-electron chi connectivity index (χ2n) is 5.62. The molecular formula is C20H20ClN2O+. The van der Waals surface area contributed by atoms with Gasteiger partial charge in [-0.3, -0.25) is 4.98 Å². The lowest BCUT2D eigenvalue weighted by molar-refractivity contribution is -0.686. The van der Waals surface area contributed by atoms with Crippen LogP contribution in [0.15, 0.2) is 73.1 Å². The SMILES string of the molecule is Clc1ccc(COc2cccc(C[NH2+]Cc3cccnc3)c2)cc1. The van der Waals surface area contributed by atoms with E-state index in [9.17, 15) is 0 Å². The smallest absolute Gasteiger partial charge is 0.120 e. The molecule has 0 saturated carbocycles. The Balaban J connectivity index is 1.51. The third-order valence-electron chi connectivity index (χ3n) is 3.70. The number of benzene rings is 2. The second-order valence-corrected chi connectivity index (χ2v) is 6.06. The summed E-state index contributed by atoms with van der Waals surface area (Å²) in [5.74, 6) is 0.886. The van der Waals surface area contributed by atoms with Crippen molar-refractivity contribution in [2.75, 3.05) is 0 Å². The Morgan fingerprint density at radius 3 is 2.46 bits per heavy atom. The second kappa shape index (κ2) is 8.48. The van der Waals surface area contributed by atoms with Crippen LogP contribution in [-0.4, -0.2) is 4.98 Å². The molecule has 3 rings (SSSR count). The van der Waals surface area contributed by atoms with E-state index in [1.807, 2.05) is 48.7 Å². The summed E-state index contributed by atoms with van der Waals surface area (Å²) in [6.07, 6.45) is 3.70. The Bertz CT molecular complexity index is 760. The first-order chi connectivity index (χ1) is 11.8. The molecule has 0 amide bonds. The summed E-state index contributed by atoms with van der Waals surface area (Å²) in [6.45, 7) is 2.37. The molecule has 2 N–H and O–H groups in total. The van der Waals surface area contributed by atoms with Crippen LogP contribution in [0.2, 0.25) is 5.02 Å². The summed E-state index contributed by atoms with van der Waals surface area (Å²) in [6, 6.07) is 20.0. The number of nitrogens with two attached hydrogens (primary N) is 1. The molecule has 3 nitrogen and oxygen atoms in total. The van der Waals surface area contributed by atoms with Gasteiger partial charge in [-0.15, -0.1) is 0 Å². The fourth-order valence-electron chi connectivity index (χ4n) is 2.43. The standard InChI is InChI=1S/C20H19ClN2O/c21-19-8-6-16(7-9-19)15-24-20-5-1-3-17(11-20)12-23-14-18-4-2-10-22-13-18/h1-11,13,23H,12,14-15H2/p+1. The van der Waals surface area contributed by atoms with Gasteiger partial charge in [-0.1, -0.05) is 41.9 Å². The zero-order chi connectivity index (χ0) is 16.6. The number of quaternary nitrogens is 1. The third-order valence-corrected chi connectivity index (χ3v) is 3.95. The minimum atomic E-state index is 0.542. The van der Waals surface area contributed by atoms with E-state index in [4.69, 9.17) is 16.3 Å². The zero-order valence-electron chi connectivity index (χ0n) is 13.4. The molecule has 0 saturated heterocycles. The summed E-state index contributed by atoms with van der Waals surface area (Å²) >= 11 is 5.89. The molecule has 0 aliphatic carbocycles. The lowest BCUT2D eigenvalue weighted by atomic mass is 10.2. The third kappa shape index (κ3) is 5.08. The lowest BCUT2D eigenvalue weighted by Crippen LogP contribution is -2.80. The Morgan fingerprint density at radius 1 is 0.875 bits per heavy atom. The van der Waals surface area contributed by atoms with Gasteiger partial charge in [0.15, 0.2) is 0 Å². The van der Waals surface area contributed by atoms with Gasteiger partial charge in [0.25, 0.3) is 0 Å². The Hall–Kier alpha value is -2.36. The molecule has 122 valence electrons. The van der Waals surface area contributed by atoms with Crippen molar-refractivity contribution in [3.63, 3.8) is 0 Å². The zero-order valence-corrected chi connectivity index (χ0v) is 14.1. The van der Waals surface area contributed by atoms with Crippen molar-refractivity contribution in [3.05, 3.63) is 94.8 Å². The van der Waals surface area contributed by atoms with Crippen molar-refractivity contribution < 1.29 is 10.1 Å². The van der Waals surface area contributed by atoms with Gasteiger partial charge in [-0.2, -0.15) is 0 Å². The molecule has 0 fully saturated rings. The Kier molecular flexibility index (Phi) is 5.83. The van der Waals surface area contributed by atoms with Crippen LogP contribution in [-0.2, 0) is 19.7 Å². The lowest BCUT2D eigenvalue weighted by Gasteiger charge is -2.08. The largest absolute Gasteiger partial charge is 0.489 e. The number of aromatic nitrogens is 1. The van der Waals surface area contributed by atoms with Crippen LogP contribution in [0.5, 0.6) is 5.75 Å². The van der Waals surface area contributed by atoms with Crippen LogP contribution in [0.25, 0.3) is 0 Å². The van der Waals surface area contributed by atoms with Gasteiger partial charge in [0, 0.05) is 28.5 Å². The van der Waals surface area contributed by atoms with Crippen LogP contribution >= 0.6 is 11.6 Å². The first-order valence-corrected chi connectivity index (χ1v) is 8.34. The van der Waals surface area contributed by atoms with E-state index in [1.54, 1.807) is 6.20 Å². The molecule has 2 aromatic carbocycles. The topological polar surface area (TPSA) is 38.7 Å². The van der Waals surface area contributed by atoms with Crippen LogP contribution in [0.3, 0.4) is 0 Å². The van der Waals surface area contributed by atoms with Gasteiger partial charge in [-0.25, -0.2) is 0 Å². The highest BCUT2D eigenvalue weighted by Crippen LogP contribution is 2.16. The Morgan fingerprint density at radius 2 is 1.67 bits per heavy atom. The molecule has 1 aromatic heterocycles. The first kappa shape index (κ1) is 16.5. The average Bonchev–Trinajstić information content (AvgIpc) is 2.63. The molecule has 0 unspecified atom stereocenters. The van der Waals surface area contributed by atoms with E-state index in [0.717, 1.165) is 29.4 Å². The molecule has 1 heterocycles. The van der Waals surface area contributed by atoms with Gasteiger partial charge in [0.1, 0.15) is 25.4 Å². The number of hydrogen-bond donors (Lipinski definition) is 1. The van der Waals surface area contributed by atoms with Gasteiger partial charge in [0.2, 0.25) is 0 Å². The minimum absolute atomic E-state index is 0.542. The van der Waals surface area contributed by atoms with Crippen LogP contribution in [0, 0.1) is 0 Å². The van der Waals surface area contributed by atoms with Gasteiger partial charge in [0.05, 0.1) is 0 Å². The predicted octanol–water partition coefficient (Wildman–Crippen LogP) is 3.58. The first-order valence-electron chi connectivity index (χ1n) is 7.96. The van der Waals surface area contributed by atoms with Crippen molar-refractivity contribution in [3.8, 4) is 5.75 Å². The van der Waals surface area contributed by atoms with E-state index in [-0.39, 0.29) is 0 Å². The number of hydrogen-bond acceptors (Lipinski definition) is 2. The Labute approximate surface area is 147 Å². The maximum atomic E-state index is 5.89. The number of rotatable bonds is 7. The number of nitrogens with zero attached hydrogens (tertiary/aromatic N) is 1. The number of ether oxygens (including phenoxy) is 1. The molecule has 0 bridgehead atoms. The van der Waals surface area contributed by atoms with Crippen molar-refractivity contribution in [1.29, 1.82) is 0 Å². The highest BCUT2D eigenvalue weighted by molar-refractivity contribution is 6.30. The quantitative estimate of drug-likeness (QED) is 0.714. The van der Waals surface area contributed by atoms with E-state index >= 15 is 0 Å². The molecule has 0 radical (unpaired) electrons. The van der Waals surface area contributed by atoms with Gasteiger partial charge < -0.3 is 10.1 Å². The highest BCUT2D eigenvalue weighted by atomic mass is 35.5. The van der Waals surface area contributed by atoms with E-state index in [1.165, 1.54) is 11.1 Å². The van der Waals surface area contributed by atoms with Gasteiger partial charge >= 0.3 is 0 Å². The summed E-state index contributed by atoms with van der Waals surface area (Å²) < 4.78 is 5.87. The molecular weight excluding hydrogens is 320 g/mol. The molecule has 24 heavy (non-hydrogen) atoms. The maximum Gasteiger partial charge on any atom is 0.120 e. The molecule has 0 spiro atoms. The van der Waals surface area contributed by atoms with Crippen molar-refractivity contribution in [2.45, 2.75) is 19.7 Å². The van der Waals surface area contributed by atoms with Crippen molar-refractivity contribution >= 4 is 11.6 Å². The summed E-state index contributed by atoms with van der Waals surface area (Å²) in [4.78, 5) is 4.13. The van der Waals surface area contributed by atoms with E-state index in [0.29, 0.717) is 6.61 Å². The minimum Gasteiger partial charge on any atom is -0.489 e. The van der Waals surface area contributed by atoms with Crippen LogP contribution in [0.1, 0.15) is 16.7 Å². The predicted molar refractivity (Wildman–Crippen MR) is 95.8 cm³/mol. The summed E-state index contributed by atoms with van der Waals surface area (Å²) in [5.41, 5.74) is 3.58. The van der Waals surface area contributed by atoms with Crippen LogP contribution in [0.4, 0.5) is 0 Å².